The number of hydrogen-bond acceptors (Lipinski definition) is 5. The molecular formula is C28H30F3N7O. The molecule has 4 heterocycles. The van der Waals surface area contributed by atoms with Crippen LogP contribution >= 0.6 is 0 Å². The molecule has 3 aromatic heterocycles. The average Bonchev–Trinajstić information content (AvgIpc) is 3.48. The molecule has 0 atom stereocenters. The number of carbonyl (C=O) groups excluding carboxylic acids is 1. The first-order valence-electron chi connectivity index (χ1n) is 13.3. The van der Waals surface area contributed by atoms with Gasteiger partial charge in [0.2, 0.25) is 5.91 Å². The Morgan fingerprint density at radius 2 is 1.87 bits per heavy atom. The molecule has 11 heteroatoms. The van der Waals surface area contributed by atoms with Crippen LogP contribution < -0.4 is 0 Å². The number of rotatable bonds is 7. The molecule has 0 radical (unpaired) electrons. The van der Waals surface area contributed by atoms with E-state index in [9.17, 15) is 18.0 Å². The van der Waals surface area contributed by atoms with Crippen LogP contribution in [0.15, 0.2) is 48.9 Å². The van der Waals surface area contributed by atoms with E-state index in [0.717, 1.165) is 78.4 Å². The maximum absolute atomic E-state index is 12.7. The van der Waals surface area contributed by atoms with Crippen molar-refractivity contribution in [2.24, 2.45) is 5.92 Å². The van der Waals surface area contributed by atoms with Crippen molar-refractivity contribution in [2.75, 3.05) is 26.2 Å². The average molecular weight is 538 g/mol. The fourth-order valence-corrected chi connectivity index (χ4v) is 5.30. The molecule has 1 N–H and O–H groups in total. The Balaban J connectivity index is 1.08. The van der Waals surface area contributed by atoms with Crippen LogP contribution in [0.1, 0.15) is 36.3 Å². The highest BCUT2D eigenvalue weighted by Crippen LogP contribution is 2.29. The van der Waals surface area contributed by atoms with E-state index in [0.29, 0.717) is 17.9 Å². The zero-order chi connectivity index (χ0) is 27.0. The van der Waals surface area contributed by atoms with Crippen molar-refractivity contribution < 1.29 is 18.0 Å². The Labute approximate surface area is 223 Å². The monoisotopic (exact) mass is 537 g/mol. The lowest BCUT2D eigenvalue weighted by atomic mass is 9.84. The molecular weight excluding hydrogens is 507 g/mol. The summed E-state index contributed by atoms with van der Waals surface area (Å²) in [5.74, 6) is 1.36. The lowest BCUT2D eigenvalue weighted by Crippen LogP contribution is -2.50. The number of aromatic amines is 1. The highest BCUT2D eigenvalue weighted by molar-refractivity contribution is 5.82. The Kier molecular flexibility index (Phi) is 6.84. The van der Waals surface area contributed by atoms with Crippen LogP contribution in [0, 0.1) is 5.92 Å². The zero-order valence-corrected chi connectivity index (χ0v) is 21.5. The van der Waals surface area contributed by atoms with E-state index in [2.05, 4.69) is 31.0 Å². The number of imidazole rings is 1. The van der Waals surface area contributed by atoms with Crippen molar-refractivity contribution in [3.05, 3.63) is 66.0 Å². The molecule has 8 nitrogen and oxygen atoms in total. The number of nitrogens with zero attached hydrogens (tertiary/aromatic N) is 6. The number of aromatic nitrogens is 5. The molecule has 0 unspecified atom stereocenters. The number of hydrogen-bond donors (Lipinski definition) is 1. The third-order valence-corrected chi connectivity index (χ3v) is 7.61. The van der Waals surface area contributed by atoms with Gasteiger partial charge in [-0.25, -0.2) is 4.98 Å². The Bertz CT molecular complexity index is 1470. The van der Waals surface area contributed by atoms with Crippen LogP contribution in [0.2, 0.25) is 0 Å². The topological polar surface area (TPSA) is 82.9 Å². The van der Waals surface area contributed by atoms with Crippen LogP contribution in [0.3, 0.4) is 0 Å². The van der Waals surface area contributed by atoms with E-state index in [1.807, 2.05) is 35.4 Å². The number of carbonyl (C=O) groups is 1. The number of benzene rings is 1. The van der Waals surface area contributed by atoms with Crippen molar-refractivity contribution in [1.29, 1.82) is 0 Å². The summed E-state index contributed by atoms with van der Waals surface area (Å²) in [6.07, 6.45) is 4.13. The van der Waals surface area contributed by atoms with Gasteiger partial charge in [0.25, 0.3) is 0 Å². The van der Waals surface area contributed by atoms with Gasteiger partial charge >= 0.3 is 6.18 Å². The maximum Gasteiger partial charge on any atom is 0.408 e. The molecule has 1 aromatic carbocycles. The Hall–Kier alpha value is -3.73. The molecule has 1 aliphatic heterocycles. The molecule has 204 valence electrons. The molecule has 1 saturated heterocycles. The molecule has 6 rings (SSSR count). The van der Waals surface area contributed by atoms with Gasteiger partial charge in [0.05, 0.1) is 17.2 Å². The fourth-order valence-electron chi connectivity index (χ4n) is 5.30. The predicted molar refractivity (Wildman–Crippen MR) is 140 cm³/mol. The number of halogens is 3. The number of pyridine rings is 1. The smallest absolute Gasteiger partial charge is 0.342 e. The van der Waals surface area contributed by atoms with Gasteiger partial charge in [-0.3, -0.25) is 19.4 Å². The van der Waals surface area contributed by atoms with Gasteiger partial charge in [0.1, 0.15) is 12.4 Å². The van der Waals surface area contributed by atoms with E-state index in [1.54, 1.807) is 0 Å². The van der Waals surface area contributed by atoms with Gasteiger partial charge in [0, 0.05) is 68.7 Å². The summed E-state index contributed by atoms with van der Waals surface area (Å²) in [5.41, 5.74) is 5.03. The highest BCUT2D eigenvalue weighted by atomic mass is 19.4. The molecule has 2 aliphatic rings. The molecule has 1 amide bonds. The minimum atomic E-state index is -4.32. The van der Waals surface area contributed by atoms with Gasteiger partial charge in [-0.1, -0.05) is 12.5 Å². The molecule has 39 heavy (non-hydrogen) atoms. The third kappa shape index (κ3) is 5.98. The molecule has 1 aliphatic carbocycles. The fraction of sp³-hybridized carbons (Fsp3) is 0.429. The van der Waals surface area contributed by atoms with E-state index in [4.69, 9.17) is 0 Å². The first-order valence-corrected chi connectivity index (χ1v) is 13.3. The van der Waals surface area contributed by atoms with Gasteiger partial charge in [-0.15, -0.1) is 0 Å². The lowest BCUT2D eigenvalue weighted by Gasteiger charge is -2.38. The van der Waals surface area contributed by atoms with Crippen LogP contribution in [-0.2, 0) is 24.3 Å². The van der Waals surface area contributed by atoms with Crippen LogP contribution in [0.25, 0.3) is 22.2 Å². The normalized spacial score (nSPS) is 17.1. The maximum atomic E-state index is 12.7. The largest absolute Gasteiger partial charge is 0.408 e. The van der Waals surface area contributed by atoms with Crippen molar-refractivity contribution >= 4 is 16.9 Å². The number of amides is 1. The summed E-state index contributed by atoms with van der Waals surface area (Å²) >= 11 is 0. The zero-order valence-electron chi connectivity index (χ0n) is 21.5. The molecule has 1 saturated carbocycles. The minimum Gasteiger partial charge on any atom is -0.342 e. The minimum absolute atomic E-state index is 0.256. The second-order valence-electron chi connectivity index (χ2n) is 10.5. The highest BCUT2D eigenvalue weighted by Gasteiger charge is 2.31. The van der Waals surface area contributed by atoms with E-state index in [1.165, 1.54) is 24.4 Å². The molecule has 0 bridgehead atoms. The predicted octanol–water partition coefficient (Wildman–Crippen LogP) is 4.42. The van der Waals surface area contributed by atoms with Crippen LogP contribution in [0.4, 0.5) is 13.2 Å². The second-order valence-corrected chi connectivity index (χ2v) is 10.5. The van der Waals surface area contributed by atoms with Crippen molar-refractivity contribution in [2.45, 2.75) is 44.9 Å². The van der Waals surface area contributed by atoms with Crippen molar-refractivity contribution in [3.63, 3.8) is 0 Å². The summed E-state index contributed by atoms with van der Waals surface area (Å²) in [5, 5.41) is 3.83. The van der Waals surface area contributed by atoms with Gasteiger partial charge in [-0.2, -0.15) is 18.3 Å². The van der Waals surface area contributed by atoms with E-state index < -0.39 is 12.7 Å². The quantitative estimate of drug-likeness (QED) is 0.378. The summed E-state index contributed by atoms with van der Waals surface area (Å²) in [6, 6.07) is 9.68. The third-order valence-electron chi connectivity index (χ3n) is 7.61. The lowest BCUT2D eigenvalue weighted by molar-refractivity contribution is -0.142. The number of alkyl halides is 3. The van der Waals surface area contributed by atoms with Crippen LogP contribution in [0.5, 0.6) is 0 Å². The first kappa shape index (κ1) is 25.5. The van der Waals surface area contributed by atoms with Gasteiger partial charge in [0.15, 0.2) is 0 Å². The van der Waals surface area contributed by atoms with Crippen molar-refractivity contribution in [3.8, 4) is 11.1 Å². The SMILES string of the molecule is O=C(C1CCC1)N1CCN(Cc2ccnc(Cc3nc4ccc(-c5cnn(CC(F)(F)F)c5)cc4[nH]3)c2)CC1. The standard InChI is InChI=1S/C28H30F3N7O/c29-28(30,31)18-38-17-22(15-33-38)21-4-5-24-25(13-21)35-26(34-24)14-23-12-19(6-7-32-23)16-36-8-10-37(11-9-36)27(39)20-2-1-3-20/h4-7,12-13,15,17,20H,1-3,8-11,14,16,18H2,(H,34,35). The first-order chi connectivity index (χ1) is 18.8. The van der Waals surface area contributed by atoms with Crippen LogP contribution in [-0.4, -0.2) is 72.8 Å². The number of H-pyrrole nitrogens is 1. The number of nitrogens with one attached hydrogen (secondary N) is 1. The van der Waals surface area contributed by atoms with Gasteiger partial charge in [-0.05, 0) is 48.2 Å². The summed E-state index contributed by atoms with van der Waals surface area (Å²) in [6.45, 7) is 3.02. The van der Waals surface area contributed by atoms with E-state index in [-0.39, 0.29) is 5.92 Å². The second kappa shape index (κ2) is 10.4. The molecule has 4 aromatic rings. The summed E-state index contributed by atoms with van der Waals surface area (Å²) < 4.78 is 38.9. The molecule has 0 spiro atoms. The molecule has 2 fully saturated rings. The number of fused-ring (bicyclic) bond motifs is 1. The summed E-state index contributed by atoms with van der Waals surface area (Å²) in [7, 11) is 0. The number of piperazine rings is 1. The van der Waals surface area contributed by atoms with Gasteiger partial charge < -0.3 is 9.88 Å². The van der Waals surface area contributed by atoms with E-state index >= 15 is 0 Å². The Morgan fingerprint density at radius 1 is 1.05 bits per heavy atom. The summed E-state index contributed by atoms with van der Waals surface area (Å²) in [4.78, 5) is 29.5. The Morgan fingerprint density at radius 3 is 2.62 bits per heavy atom. The van der Waals surface area contributed by atoms with Crippen molar-refractivity contribution in [1.82, 2.24) is 34.5 Å².